The summed E-state index contributed by atoms with van der Waals surface area (Å²) in [6, 6.07) is 13.1. The lowest BCUT2D eigenvalue weighted by Gasteiger charge is -2.33. The molecule has 0 saturated carbocycles. The number of amides is 2. The number of nitrogens with zero attached hydrogens (tertiary/aromatic N) is 2. The molecule has 0 bridgehead atoms. The molecule has 2 aromatic rings. The highest BCUT2D eigenvalue weighted by Crippen LogP contribution is 2.27. The van der Waals surface area contributed by atoms with Crippen molar-refractivity contribution in [2.24, 2.45) is 0 Å². The van der Waals surface area contributed by atoms with Crippen LogP contribution in [0.3, 0.4) is 0 Å². The normalized spacial score (nSPS) is 20.2. The number of carbonyl (C=O) groups excluding carboxylic acids is 2. The zero-order valence-electron chi connectivity index (χ0n) is 18.8. The molecule has 2 amide bonds. The van der Waals surface area contributed by atoms with E-state index in [1.807, 2.05) is 35.2 Å². The fourth-order valence-electron chi connectivity index (χ4n) is 4.49. The van der Waals surface area contributed by atoms with Crippen molar-refractivity contribution < 1.29 is 22.4 Å². The number of carbonyl (C=O) groups is 2. The van der Waals surface area contributed by atoms with Crippen molar-refractivity contribution in [2.45, 2.75) is 42.7 Å². The van der Waals surface area contributed by atoms with E-state index in [1.165, 1.54) is 16.4 Å². The minimum Gasteiger partial charge on any atom is -0.352 e. The summed E-state index contributed by atoms with van der Waals surface area (Å²) in [7, 11) is -3.89. The molecule has 2 heterocycles. The smallest absolute Gasteiger partial charge is 0.243 e. The number of rotatable bonds is 7. The molecule has 0 spiro atoms. The van der Waals surface area contributed by atoms with Crippen molar-refractivity contribution >= 4 is 27.5 Å². The molecule has 2 N–H and O–H groups in total. The number of likely N-dealkylation sites (tertiary alicyclic amines) is 1. The summed E-state index contributed by atoms with van der Waals surface area (Å²) in [5, 5.41) is 5.88. The number of hydrogen-bond acceptors (Lipinski definition) is 5. The van der Waals surface area contributed by atoms with Gasteiger partial charge in [0.05, 0.1) is 11.4 Å². The molecule has 8 nitrogen and oxygen atoms in total. The van der Waals surface area contributed by atoms with E-state index in [4.69, 9.17) is 0 Å². The number of sulfonamides is 1. The summed E-state index contributed by atoms with van der Waals surface area (Å²) in [5.41, 5.74) is 0.756. The monoisotopic (exact) mass is 488 g/mol. The Bertz CT molecular complexity index is 1100. The third kappa shape index (κ3) is 5.81. The average molecular weight is 489 g/mol. The average Bonchev–Trinajstić information content (AvgIpc) is 3.32. The van der Waals surface area contributed by atoms with Crippen molar-refractivity contribution in [2.75, 3.05) is 31.5 Å². The van der Waals surface area contributed by atoms with Gasteiger partial charge in [-0.05, 0) is 62.1 Å². The highest BCUT2D eigenvalue weighted by atomic mass is 32.2. The van der Waals surface area contributed by atoms with E-state index in [9.17, 15) is 22.4 Å². The van der Waals surface area contributed by atoms with E-state index in [1.54, 1.807) is 0 Å². The molecule has 2 aliphatic heterocycles. The van der Waals surface area contributed by atoms with Gasteiger partial charge in [-0.15, -0.1) is 0 Å². The maximum absolute atomic E-state index is 13.2. The third-order valence-corrected chi connectivity index (χ3v) is 8.21. The van der Waals surface area contributed by atoms with Crippen LogP contribution in [0, 0.1) is 5.82 Å². The maximum Gasteiger partial charge on any atom is 0.243 e. The molecule has 2 aromatic carbocycles. The summed E-state index contributed by atoms with van der Waals surface area (Å²) < 4.78 is 40.5. The van der Waals surface area contributed by atoms with Crippen LogP contribution >= 0.6 is 0 Å². The Balaban J connectivity index is 1.28. The van der Waals surface area contributed by atoms with Crippen molar-refractivity contribution in [1.82, 2.24) is 14.5 Å². The lowest BCUT2D eigenvalue weighted by atomic mass is 10.0. The van der Waals surface area contributed by atoms with E-state index in [2.05, 4.69) is 10.6 Å². The van der Waals surface area contributed by atoms with E-state index in [0.717, 1.165) is 17.8 Å². The van der Waals surface area contributed by atoms with Crippen LogP contribution in [0.2, 0.25) is 0 Å². The molecule has 0 radical (unpaired) electrons. The number of benzene rings is 2. The predicted octanol–water partition coefficient (Wildman–Crippen LogP) is 2.20. The summed E-state index contributed by atoms with van der Waals surface area (Å²) in [5.74, 6) is -0.900. The van der Waals surface area contributed by atoms with Gasteiger partial charge in [-0.1, -0.05) is 18.2 Å². The SMILES string of the molecule is O=C(CN1CCC(NC(=O)C2CCCN2S(=O)(=O)c2ccc(F)cc2)CC1)Nc1ccccc1. The molecule has 2 saturated heterocycles. The zero-order valence-corrected chi connectivity index (χ0v) is 19.6. The molecule has 0 aliphatic carbocycles. The fraction of sp³-hybridized carbons (Fsp3) is 0.417. The largest absolute Gasteiger partial charge is 0.352 e. The number of hydrogen-bond donors (Lipinski definition) is 2. The third-order valence-electron chi connectivity index (χ3n) is 6.29. The van der Waals surface area contributed by atoms with E-state index < -0.39 is 21.9 Å². The zero-order chi connectivity index (χ0) is 24.1. The van der Waals surface area contributed by atoms with Gasteiger partial charge in [-0.2, -0.15) is 4.31 Å². The molecule has 1 atom stereocenters. The van der Waals surface area contributed by atoms with Crippen molar-refractivity contribution in [3.05, 3.63) is 60.4 Å². The first-order chi connectivity index (χ1) is 16.3. The lowest BCUT2D eigenvalue weighted by Crippen LogP contribution is -2.52. The Morgan fingerprint density at radius 2 is 1.62 bits per heavy atom. The molecule has 0 aromatic heterocycles. The molecule has 10 heteroatoms. The van der Waals surface area contributed by atoms with Crippen LogP contribution in [-0.4, -0.2) is 67.7 Å². The topological polar surface area (TPSA) is 98.8 Å². The molecule has 1 unspecified atom stereocenters. The lowest BCUT2D eigenvalue weighted by molar-refractivity contribution is -0.125. The minimum atomic E-state index is -3.89. The number of piperidine rings is 1. The summed E-state index contributed by atoms with van der Waals surface area (Å²) >= 11 is 0. The van der Waals surface area contributed by atoms with Gasteiger partial charge < -0.3 is 10.6 Å². The van der Waals surface area contributed by atoms with Crippen molar-refractivity contribution in [3.8, 4) is 0 Å². The second-order valence-electron chi connectivity index (χ2n) is 8.70. The van der Waals surface area contributed by atoms with Gasteiger partial charge >= 0.3 is 0 Å². The Labute approximate surface area is 199 Å². The van der Waals surface area contributed by atoms with Gasteiger partial charge in [0, 0.05) is 31.4 Å². The number of anilines is 1. The first kappa shape index (κ1) is 24.3. The summed E-state index contributed by atoms with van der Waals surface area (Å²) in [4.78, 5) is 27.3. The molecular formula is C24H29FN4O4S. The Hall–Kier alpha value is -2.82. The summed E-state index contributed by atoms with van der Waals surface area (Å²) in [6.45, 7) is 1.86. The standard InChI is InChI=1S/C24H29FN4O4S/c25-18-8-10-21(11-9-18)34(32,33)29-14-4-7-22(29)24(31)27-20-12-15-28(16-13-20)17-23(30)26-19-5-2-1-3-6-19/h1-3,5-6,8-11,20,22H,4,7,12-17H2,(H,26,30)(H,27,31). The second kappa shape index (κ2) is 10.6. The minimum absolute atomic E-state index is 0.0179. The Kier molecular flexibility index (Phi) is 7.60. The molecule has 34 heavy (non-hydrogen) atoms. The van der Waals surface area contributed by atoms with Crippen LogP contribution in [0.4, 0.5) is 10.1 Å². The first-order valence-electron chi connectivity index (χ1n) is 11.5. The Morgan fingerprint density at radius 1 is 0.941 bits per heavy atom. The number of nitrogens with one attached hydrogen (secondary N) is 2. The van der Waals surface area contributed by atoms with Gasteiger partial charge in [0.15, 0.2) is 0 Å². The van der Waals surface area contributed by atoms with E-state index >= 15 is 0 Å². The van der Waals surface area contributed by atoms with Gasteiger partial charge in [-0.3, -0.25) is 14.5 Å². The van der Waals surface area contributed by atoms with Crippen LogP contribution in [0.5, 0.6) is 0 Å². The fourth-order valence-corrected chi connectivity index (χ4v) is 6.15. The highest BCUT2D eigenvalue weighted by molar-refractivity contribution is 7.89. The first-order valence-corrected chi connectivity index (χ1v) is 12.9. The molecule has 4 rings (SSSR count). The molecule has 182 valence electrons. The van der Waals surface area contributed by atoms with E-state index in [-0.39, 0.29) is 35.8 Å². The second-order valence-corrected chi connectivity index (χ2v) is 10.6. The van der Waals surface area contributed by atoms with Gasteiger partial charge in [-0.25, -0.2) is 12.8 Å². The predicted molar refractivity (Wildman–Crippen MR) is 126 cm³/mol. The van der Waals surface area contributed by atoms with E-state index in [0.29, 0.717) is 38.8 Å². The van der Waals surface area contributed by atoms with Crippen LogP contribution in [0.25, 0.3) is 0 Å². The number of para-hydroxylation sites is 1. The van der Waals surface area contributed by atoms with Crippen LogP contribution in [-0.2, 0) is 19.6 Å². The van der Waals surface area contributed by atoms with Gasteiger partial charge in [0.1, 0.15) is 11.9 Å². The Morgan fingerprint density at radius 3 is 2.29 bits per heavy atom. The molecule has 2 fully saturated rings. The highest BCUT2D eigenvalue weighted by Gasteiger charge is 2.40. The van der Waals surface area contributed by atoms with Crippen LogP contribution < -0.4 is 10.6 Å². The van der Waals surface area contributed by atoms with Gasteiger partial charge in [0.25, 0.3) is 0 Å². The molecule has 2 aliphatic rings. The van der Waals surface area contributed by atoms with Crippen molar-refractivity contribution in [1.29, 1.82) is 0 Å². The van der Waals surface area contributed by atoms with Gasteiger partial charge in [0.2, 0.25) is 21.8 Å². The maximum atomic E-state index is 13.2. The van der Waals surface area contributed by atoms with Crippen LogP contribution in [0.1, 0.15) is 25.7 Å². The van der Waals surface area contributed by atoms with Crippen LogP contribution in [0.15, 0.2) is 59.5 Å². The summed E-state index contributed by atoms with van der Waals surface area (Å²) in [6.07, 6.45) is 2.40. The van der Waals surface area contributed by atoms with Crippen molar-refractivity contribution in [3.63, 3.8) is 0 Å². The quantitative estimate of drug-likeness (QED) is 0.623. The number of halogens is 1. The molecular weight excluding hydrogens is 459 g/mol.